The molecule has 5 rings (SSSR count). The van der Waals surface area contributed by atoms with E-state index in [0.717, 1.165) is 12.1 Å². The van der Waals surface area contributed by atoms with E-state index in [2.05, 4.69) is 14.9 Å². The van der Waals surface area contributed by atoms with Crippen LogP contribution >= 0.6 is 23.4 Å². The van der Waals surface area contributed by atoms with E-state index in [0.29, 0.717) is 74.7 Å². The first-order chi connectivity index (χ1) is 19.2. The van der Waals surface area contributed by atoms with E-state index in [1.165, 1.54) is 23.9 Å². The van der Waals surface area contributed by atoms with Crippen molar-refractivity contribution in [3.05, 3.63) is 71.1 Å². The van der Waals surface area contributed by atoms with Crippen LogP contribution in [0.5, 0.6) is 0 Å². The first-order valence-electron chi connectivity index (χ1n) is 12.8. The summed E-state index contributed by atoms with van der Waals surface area (Å²) in [5.41, 5.74) is 0.381. The van der Waals surface area contributed by atoms with Gasteiger partial charge in [-0.2, -0.15) is 13.2 Å². The molecular weight excluding hydrogens is 568 g/mol. The fourth-order valence-electron chi connectivity index (χ4n) is 4.81. The number of rotatable bonds is 6. The number of thioether (sulfide) groups is 1. The monoisotopic (exact) mass is 594 g/mol. The Morgan fingerprint density at radius 3 is 2.23 bits per heavy atom. The summed E-state index contributed by atoms with van der Waals surface area (Å²) in [6, 6.07) is 13.6. The fraction of sp³-hybridized carbons (Fsp3) is 0.370. The normalized spacial score (nSPS) is 16.4. The van der Waals surface area contributed by atoms with Crippen molar-refractivity contribution in [2.75, 3.05) is 72.8 Å². The number of hydrogen-bond donors (Lipinski definition) is 0. The fourth-order valence-corrected chi connectivity index (χ4v) is 5.79. The molecule has 7 nitrogen and oxygen atoms in total. The van der Waals surface area contributed by atoms with Crippen molar-refractivity contribution in [3.8, 4) is 0 Å². The third-order valence-corrected chi connectivity index (χ3v) is 7.98. The maximum Gasteiger partial charge on any atom is 0.416 e. The number of nitrogens with zero attached hydrogens (tertiary/aromatic N) is 6. The Kier molecular flexibility index (Phi) is 8.55. The Hall–Kier alpha value is -3.25. The SMILES string of the molecule is O=C(CSc1nc(Cl)cc(N2CCN(c3ccccc3F)CC2)n1)N1CCN(c2cccc(C(F)(F)F)c2)CC1. The highest BCUT2D eigenvalue weighted by molar-refractivity contribution is 7.99. The number of hydrogen-bond acceptors (Lipinski definition) is 7. The van der Waals surface area contributed by atoms with Gasteiger partial charge in [0.1, 0.15) is 16.8 Å². The van der Waals surface area contributed by atoms with E-state index < -0.39 is 11.7 Å². The first kappa shape index (κ1) is 28.3. The highest BCUT2D eigenvalue weighted by Gasteiger charge is 2.31. The van der Waals surface area contributed by atoms with Gasteiger partial charge in [0.05, 0.1) is 17.0 Å². The number of benzene rings is 2. The molecule has 2 saturated heterocycles. The number of carbonyl (C=O) groups excluding carboxylic acids is 1. The van der Waals surface area contributed by atoms with Crippen LogP contribution in [0.1, 0.15) is 5.56 Å². The van der Waals surface area contributed by atoms with Gasteiger partial charge in [0.15, 0.2) is 5.16 Å². The second-order valence-corrected chi connectivity index (χ2v) is 10.8. The number of halogens is 5. The lowest BCUT2D eigenvalue weighted by atomic mass is 10.1. The lowest BCUT2D eigenvalue weighted by molar-refractivity contribution is -0.137. The van der Waals surface area contributed by atoms with Gasteiger partial charge in [0.2, 0.25) is 5.91 Å². The summed E-state index contributed by atoms with van der Waals surface area (Å²) >= 11 is 7.46. The molecule has 2 aromatic carbocycles. The van der Waals surface area contributed by atoms with Crippen LogP contribution in [0.4, 0.5) is 34.8 Å². The molecule has 0 saturated carbocycles. The van der Waals surface area contributed by atoms with Crippen LogP contribution < -0.4 is 14.7 Å². The summed E-state index contributed by atoms with van der Waals surface area (Å²) in [5, 5.41) is 0.654. The zero-order chi connectivity index (χ0) is 28.3. The zero-order valence-corrected chi connectivity index (χ0v) is 23.0. The van der Waals surface area contributed by atoms with Gasteiger partial charge in [0.25, 0.3) is 0 Å². The van der Waals surface area contributed by atoms with E-state index in [-0.39, 0.29) is 22.6 Å². The predicted octanol–water partition coefficient (Wildman–Crippen LogP) is 5.06. The summed E-state index contributed by atoms with van der Waals surface area (Å²) < 4.78 is 53.4. The number of carbonyl (C=O) groups is 1. The Morgan fingerprint density at radius 1 is 0.850 bits per heavy atom. The van der Waals surface area contributed by atoms with E-state index in [1.54, 1.807) is 29.2 Å². The standard InChI is InChI=1S/C27H27ClF4N6OS/c28-23-17-24(37-12-10-36(11-13-37)22-7-2-1-6-21(22)29)34-26(33-23)40-18-25(39)38-14-8-35(9-15-38)20-5-3-4-19(16-20)27(30,31)32/h1-7,16-17H,8-15,18H2. The summed E-state index contributed by atoms with van der Waals surface area (Å²) in [6.45, 7) is 4.18. The van der Waals surface area contributed by atoms with Crippen LogP contribution in [0.2, 0.25) is 5.15 Å². The Bertz CT molecular complexity index is 1350. The van der Waals surface area contributed by atoms with Crippen molar-refractivity contribution in [1.29, 1.82) is 0 Å². The smallest absolute Gasteiger partial charge is 0.368 e. The van der Waals surface area contributed by atoms with Crippen LogP contribution in [0.25, 0.3) is 0 Å². The van der Waals surface area contributed by atoms with E-state index in [9.17, 15) is 22.4 Å². The molecule has 2 aliphatic rings. The van der Waals surface area contributed by atoms with Crippen molar-refractivity contribution in [2.24, 2.45) is 0 Å². The minimum absolute atomic E-state index is 0.0997. The maximum atomic E-state index is 14.2. The molecule has 0 unspecified atom stereocenters. The van der Waals surface area contributed by atoms with Crippen molar-refractivity contribution in [3.63, 3.8) is 0 Å². The number of alkyl halides is 3. The Balaban J connectivity index is 1.13. The molecule has 1 aromatic heterocycles. The lowest BCUT2D eigenvalue weighted by Gasteiger charge is -2.37. The lowest BCUT2D eigenvalue weighted by Crippen LogP contribution is -2.49. The number of para-hydroxylation sites is 1. The van der Waals surface area contributed by atoms with Gasteiger partial charge in [-0.25, -0.2) is 14.4 Å². The molecule has 0 radical (unpaired) electrons. The van der Waals surface area contributed by atoms with Gasteiger partial charge in [-0.15, -0.1) is 0 Å². The molecule has 3 heterocycles. The number of anilines is 3. The average molecular weight is 595 g/mol. The molecule has 13 heteroatoms. The predicted molar refractivity (Wildman–Crippen MR) is 149 cm³/mol. The third-order valence-electron chi connectivity index (χ3n) is 6.95. The van der Waals surface area contributed by atoms with Crippen LogP contribution in [-0.4, -0.2) is 78.9 Å². The van der Waals surface area contributed by atoms with E-state index in [1.807, 2.05) is 15.9 Å². The summed E-state index contributed by atoms with van der Waals surface area (Å²) in [4.78, 5) is 29.3. The zero-order valence-electron chi connectivity index (χ0n) is 21.4. The molecule has 0 spiro atoms. The molecule has 2 fully saturated rings. The van der Waals surface area contributed by atoms with Crippen LogP contribution in [-0.2, 0) is 11.0 Å². The minimum atomic E-state index is -4.40. The topological polar surface area (TPSA) is 55.8 Å². The van der Waals surface area contributed by atoms with Gasteiger partial charge in [-0.05, 0) is 30.3 Å². The van der Waals surface area contributed by atoms with Crippen molar-refractivity contribution in [1.82, 2.24) is 14.9 Å². The molecule has 3 aromatic rings. The molecule has 0 N–H and O–H groups in total. The number of aromatic nitrogens is 2. The van der Waals surface area contributed by atoms with Crippen LogP contribution in [0.15, 0.2) is 59.8 Å². The first-order valence-corrected chi connectivity index (χ1v) is 14.2. The van der Waals surface area contributed by atoms with E-state index >= 15 is 0 Å². The Morgan fingerprint density at radius 2 is 1.52 bits per heavy atom. The number of piperazine rings is 2. The Labute approximate surface area is 238 Å². The minimum Gasteiger partial charge on any atom is -0.368 e. The largest absolute Gasteiger partial charge is 0.416 e. The van der Waals surface area contributed by atoms with Gasteiger partial charge in [-0.3, -0.25) is 4.79 Å². The molecular formula is C27H27ClF4N6OS. The van der Waals surface area contributed by atoms with Crippen molar-refractivity contribution >= 4 is 46.5 Å². The van der Waals surface area contributed by atoms with Gasteiger partial charge in [-0.1, -0.05) is 41.6 Å². The second kappa shape index (κ2) is 12.1. The third kappa shape index (κ3) is 6.72. The molecule has 0 aliphatic carbocycles. The molecule has 0 atom stereocenters. The molecule has 0 bridgehead atoms. The maximum absolute atomic E-state index is 14.2. The van der Waals surface area contributed by atoms with Gasteiger partial charge >= 0.3 is 6.18 Å². The van der Waals surface area contributed by atoms with Gasteiger partial charge < -0.3 is 19.6 Å². The molecule has 2 aliphatic heterocycles. The summed E-state index contributed by atoms with van der Waals surface area (Å²) in [6.07, 6.45) is -4.40. The summed E-state index contributed by atoms with van der Waals surface area (Å²) in [7, 11) is 0. The highest BCUT2D eigenvalue weighted by atomic mass is 35.5. The summed E-state index contributed by atoms with van der Waals surface area (Å²) in [5.74, 6) is 0.418. The van der Waals surface area contributed by atoms with Crippen LogP contribution in [0, 0.1) is 5.82 Å². The van der Waals surface area contributed by atoms with Crippen molar-refractivity contribution < 1.29 is 22.4 Å². The van der Waals surface area contributed by atoms with E-state index in [4.69, 9.17) is 11.6 Å². The second-order valence-electron chi connectivity index (χ2n) is 9.46. The molecule has 212 valence electrons. The van der Waals surface area contributed by atoms with Crippen LogP contribution in [0.3, 0.4) is 0 Å². The average Bonchev–Trinajstić information content (AvgIpc) is 2.96. The van der Waals surface area contributed by atoms with Gasteiger partial charge in [0, 0.05) is 64.1 Å². The highest BCUT2D eigenvalue weighted by Crippen LogP contribution is 2.32. The molecule has 1 amide bonds. The quantitative estimate of drug-likeness (QED) is 0.171. The molecule has 40 heavy (non-hydrogen) atoms. The van der Waals surface area contributed by atoms with Crippen molar-refractivity contribution in [2.45, 2.75) is 11.3 Å². The number of amides is 1.